The highest BCUT2D eigenvalue weighted by molar-refractivity contribution is 5.23. The molecule has 6 nitrogen and oxygen atoms in total. The van der Waals surface area contributed by atoms with Crippen molar-refractivity contribution in [1.82, 2.24) is 9.55 Å². The lowest BCUT2D eigenvalue weighted by Crippen LogP contribution is -2.32. The molecular formula is C11H12N2O4. The minimum Gasteiger partial charge on any atom is -0.494 e. The van der Waals surface area contributed by atoms with Gasteiger partial charge in [0.1, 0.15) is 0 Å². The van der Waals surface area contributed by atoms with Crippen molar-refractivity contribution < 1.29 is 9.52 Å². The van der Waals surface area contributed by atoms with Crippen molar-refractivity contribution >= 4 is 0 Å². The summed E-state index contributed by atoms with van der Waals surface area (Å²) in [6.45, 7) is 1.89. The number of rotatable bonds is 3. The van der Waals surface area contributed by atoms with Gasteiger partial charge >= 0.3 is 5.69 Å². The predicted molar refractivity (Wildman–Crippen MR) is 60.2 cm³/mol. The van der Waals surface area contributed by atoms with E-state index in [4.69, 9.17) is 4.42 Å². The number of hydrogen-bond donors (Lipinski definition) is 2. The first-order chi connectivity index (χ1) is 8.13. The molecule has 17 heavy (non-hydrogen) atoms. The third-order valence-electron chi connectivity index (χ3n) is 2.54. The molecule has 0 bridgehead atoms. The van der Waals surface area contributed by atoms with Gasteiger partial charge in [0, 0.05) is 5.56 Å². The van der Waals surface area contributed by atoms with Gasteiger partial charge in [0.15, 0.2) is 0 Å². The molecule has 0 radical (unpaired) electrons. The average Bonchev–Trinajstić information content (AvgIpc) is 2.77. The van der Waals surface area contributed by atoms with Gasteiger partial charge in [0.2, 0.25) is 5.88 Å². The van der Waals surface area contributed by atoms with Gasteiger partial charge in [0.25, 0.3) is 5.56 Å². The molecule has 0 aromatic carbocycles. The van der Waals surface area contributed by atoms with Gasteiger partial charge in [-0.25, -0.2) is 4.79 Å². The lowest BCUT2D eigenvalue weighted by atomic mass is 10.2. The molecule has 0 atom stereocenters. The summed E-state index contributed by atoms with van der Waals surface area (Å²) < 4.78 is 5.98. The molecule has 2 heterocycles. The van der Waals surface area contributed by atoms with Crippen molar-refractivity contribution in [3.63, 3.8) is 0 Å². The minimum atomic E-state index is -0.633. The third-order valence-corrected chi connectivity index (χ3v) is 2.54. The number of hydrogen-bond acceptors (Lipinski definition) is 4. The maximum Gasteiger partial charge on any atom is 0.331 e. The molecule has 0 saturated carbocycles. The molecule has 0 spiro atoms. The topological polar surface area (TPSA) is 88.2 Å². The van der Waals surface area contributed by atoms with Crippen LogP contribution >= 0.6 is 0 Å². The van der Waals surface area contributed by atoms with Crippen LogP contribution in [-0.2, 0) is 13.0 Å². The Kier molecular flexibility index (Phi) is 2.86. The summed E-state index contributed by atoms with van der Waals surface area (Å²) in [5.74, 6) is -0.289. The Morgan fingerprint density at radius 1 is 1.47 bits per heavy atom. The molecule has 2 rings (SSSR count). The van der Waals surface area contributed by atoms with E-state index in [0.717, 1.165) is 10.1 Å². The number of furan rings is 1. The smallest absolute Gasteiger partial charge is 0.331 e. The van der Waals surface area contributed by atoms with Crippen LogP contribution in [0.4, 0.5) is 0 Å². The van der Waals surface area contributed by atoms with Crippen molar-refractivity contribution in [3.8, 4) is 5.88 Å². The molecular weight excluding hydrogens is 224 g/mol. The van der Waals surface area contributed by atoms with E-state index in [2.05, 4.69) is 4.98 Å². The Bertz CT molecular complexity index is 622. The van der Waals surface area contributed by atoms with Crippen LogP contribution in [0.15, 0.2) is 32.6 Å². The number of nitrogens with zero attached hydrogens (tertiary/aromatic N) is 1. The van der Waals surface area contributed by atoms with Gasteiger partial charge in [-0.05, 0) is 12.5 Å². The molecule has 0 aliphatic carbocycles. The zero-order valence-electron chi connectivity index (χ0n) is 9.27. The van der Waals surface area contributed by atoms with Gasteiger partial charge in [-0.3, -0.25) is 14.3 Å². The van der Waals surface area contributed by atoms with Crippen LogP contribution in [0.1, 0.15) is 18.1 Å². The number of H-pyrrole nitrogens is 1. The maximum absolute atomic E-state index is 11.6. The lowest BCUT2D eigenvalue weighted by Gasteiger charge is -2.08. The second-order valence-corrected chi connectivity index (χ2v) is 3.63. The first kappa shape index (κ1) is 11.3. The standard InChI is InChI=1S/C11H12N2O4/c1-2-8-9(14)12-11(16)13(10(8)15)5-7-3-4-17-6-7/h3-4,6,15H,2,5H2,1H3,(H,12,14,16). The van der Waals surface area contributed by atoms with Gasteiger partial charge < -0.3 is 9.52 Å². The lowest BCUT2D eigenvalue weighted by molar-refractivity contribution is 0.401. The maximum atomic E-state index is 11.6. The average molecular weight is 236 g/mol. The van der Waals surface area contributed by atoms with Crippen molar-refractivity contribution in [2.75, 3.05) is 0 Å². The second kappa shape index (κ2) is 4.32. The zero-order valence-corrected chi connectivity index (χ0v) is 9.27. The molecule has 2 aromatic heterocycles. The number of aromatic amines is 1. The van der Waals surface area contributed by atoms with Crippen LogP contribution in [0, 0.1) is 0 Å². The van der Waals surface area contributed by atoms with E-state index in [1.807, 2.05) is 0 Å². The van der Waals surface area contributed by atoms with E-state index in [9.17, 15) is 14.7 Å². The fraction of sp³-hybridized carbons (Fsp3) is 0.273. The largest absolute Gasteiger partial charge is 0.494 e. The van der Waals surface area contributed by atoms with E-state index in [0.29, 0.717) is 6.42 Å². The summed E-state index contributed by atoms with van der Waals surface area (Å²) in [5.41, 5.74) is -0.242. The highest BCUT2D eigenvalue weighted by atomic mass is 16.3. The van der Waals surface area contributed by atoms with Crippen molar-refractivity contribution in [2.45, 2.75) is 19.9 Å². The summed E-state index contributed by atoms with van der Waals surface area (Å²) in [6.07, 6.45) is 3.30. The highest BCUT2D eigenvalue weighted by Gasteiger charge is 2.12. The third kappa shape index (κ3) is 2.01. The number of aromatic hydroxyl groups is 1. The Morgan fingerprint density at radius 3 is 2.82 bits per heavy atom. The SMILES string of the molecule is CCc1c(O)n(Cc2ccoc2)c(=O)[nH]c1=O. The van der Waals surface area contributed by atoms with Gasteiger partial charge in [-0.15, -0.1) is 0 Å². The zero-order chi connectivity index (χ0) is 12.4. The van der Waals surface area contributed by atoms with Crippen molar-refractivity contribution in [3.05, 3.63) is 50.6 Å². The van der Waals surface area contributed by atoms with Crippen LogP contribution in [0.2, 0.25) is 0 Å². The minimum absolute atomic E-state index is 0.158. The Hall–Kier alpha value is -2.24. The Balaban J connectivity index is 2.54. The first-order valence-electron chi connectivity index (χ1n) is 5.19. The molecule has 0 amide bonds. The summed E-state index contributed by atoms with van der Waals surface area (Å²) in [5, 5.41) is 9.86. The predicted octanol–water partition coefficient (Wildman–Crippen LogP) is 0.446. The Morgan fingerprint density at radius 2 is 2.24 bits per heavy atom. The normalized spacial score (nSPS) is 10.6. The van der Waals surface area contributed by atoms with E-state index < -0.39 is 11.2 Å². The fourth-order valence-electron chi connectivity index (χ4n) is 1.63. The molecule has 0 aliphatic rings. The fourth-order valence-corrected chi connectivity index (χ4v) is 1.63. The molecule has 2 N–H and O–H groups in total. The van der Waals surface area contributed by atoms with E-state index in [-0.39, 0.29) is 18.0 Å². The second-order valence-electron chi connectivity index (χ2n) is 3.63. The molecule has 0 fully saturated rings. The number of nitrogens with one attached hydrogen (secondary N) is 1. The van der Waals surface area contributed by atoms with Gasteiger partial charge in [-0.2, -0.15) is 0 Å². The van der Waals surface area contributed by atoms with Crippen LogP contribution in [0.3, 0.4) is 0 Å². The Labute approximate surface area is 96.1 Å². The quantitative estimate of drug-likeness (QED) is 0.809. The van der Waals surface area contributed by atoms with Crippen LogP contribution in [0.25, 0.3) is 0 Å². The molecule has 2 aromatic rings. The molecule has 0 saturated heterocycles. The monoisotopic (exact) mass is 236 g/mol. The highest BCUT2D eigenvalue weighted by Crippen LogP contribution is 2.12. The summed E-state index contributed by atoms with van der Waals surface area (Å²) >= 11 is 0. The van der Waals surface area contributed by atoms with E-state index >= 15 is 0 Å². The van der Waals surface area contributed by atoms with E-state index in [1.54, 1.807) is 13.0 Å². The van der Waals surface area contributed by atoms with Gasteiger partial charge in [0.05, 0.1) is 24.6 Å². The molecule has 6 heteroatoms. The summed E-state index contributed by atoms with van der Waals surface area (Å²) in [4.78, 5) is 25.1. The first-order valence-corrected chi connectivity index (χ1v) is 5.19. The molecule has 90 valence electrons. The molecule has 0 aliphatic heterocycles. The summed E-state index contributed by atoms with van der Waals surface area (Å²) in [6, 6.07) is 1.68. The van der Waals surface area contributed by atoms with Crippen LogP contribution < -0.4 is 11.2 Å². The van der Waals surface area contributed by atoms with Gasteiger partial charge in [-0.1, -0.05) is 6.92 Å². The van der Waals surface area contributed by atoms with Crippen molar-refractivity contribution in [1.29, 1.82) is 0 Å². The van der Waals surface area contributed by atoms with Crippen LogP contribution in [0.5, 0.6) is 5.88 Å². The summed E-state index contributed by atoms with van der Waals surface area (Å²) in [7, 11) is 0. The van der Waals surface area contributed by atoms with Crippen LogP contribution in [-0.4, -0.2) is 14.7 Å². The number of aromatic nitrogens is 2. The van der Waals surface area contributed by atoms with E-state index in [1.165, 1.54) is 12.5 Å². The van der Waals surface area contributed by atoms with Crippen molar-refractivity contribution in [2.24, 2.45) is 0 Å². The molecule has 0 unspecified atom stereocenters.